The normalized spacial score (nSPS) is 11.0. The lowest BCUT2D eigenvalue weighted by molar-refractivity contribution is 0.954. The molecule has 0 spiro atoms. The Morgan fingerprint density at radius 1 is 0.792 bits per heavy atom. The van der Waals surface area contributed by atoms with Crippen LogP contribution in [0, 0.1) is 0 Å². The van der Waals surface area contributed by atoms with E-state index in [0.29, 0.717) is 10.0 Å². The van der Waals surface area contributed by atoms with E-state index in [1.807, 2.05) is 36.4 Å². The van der Waals surface area contributed by atoms with Gasteiger partial charge < -0.3 is 0 Å². The Hall–Kier alpha value is -0.430. The molecule has 1 heterocycles. The van der Waals surface area contributed by atoms with E-state index in [1.165, 1.54) is 5.56 Å². The number of halogens is 3. The topological polar surface area (TPSA) is 25.8 Å². The molecule has 2 aromatic carbocycles. The molecule has 0 atom stereocenters. The summed E-state index contributed by atoms with van der Waals surface area (Å²) in [7, 11) is 0. The van der Waals surface area contributed by atoms with Crippen molar-refractivity contribution in [2.24, 2.45) is 0 Å². The summed E-state index contributed by atoms with van der Waals surface area (Å²) in [6, 6.07) is 13.4. The molecule has 0 N–H and O–H groups in total. The molecule has 3 aromatic rings. The zero-order chi connectivity index (χ0) is 16.9. The van der Waals surface area contributed by atoms with Gasteiger partial charge in [-0.15, -0.1) is 10.2 Å². The smallest absolute Gasteiger partial charge is 0.131 e. The first-order valence-electron chi connectivity index (χ1n) is 6.87. The number of thioether (sulfide) groups is 2. The lowest BCUT2D eigenvalue weighted by atomic mass is 10.2. The van der Waals surface area contributed by atoms with Crippen LogP contribution in [0.3, 0.4) is 0 Å². The number of rotatable bonds is 6. The third-order valence-electron chi connectivity index (χ3n) is 3.03. The van der Waals surface area contributed by atoms with E-state index in [2.05, 4.69) is 10.2 Å². The van der Waals surface area contributed by atoms with Gasteiger partial charge in [0.15, 0.2) is 8.68 Å². The summed E-state index contributed by atoms with van der Waals surface area (Å²) in [4.78, 5) is 0. The van der Waals surface area contributed by atoms with E-state index < -0.39 is 0 Å². The van der Waals surface area contributed by atoms with Crippen molar-refractivity contribution in [2.75, 3.05) is 0 Å². The molecule has 0 aliphatic carbocycles. The Morgan fingerprint density at radius 3 is 2.08 bits per heavy atom. The third-order valence-corrected chi connectivity index (χ3v) is 7.18. The minimum Gasteiger partial charge on any atom is -0.131 e. The van der Waals surface area contributed by atoms with Crippen LogP contribution in [-0.2, 0) is 11.5 Å². The Labute approximate surface area is 167 Å². The second-order valence-corrected chi connectivity index (χ2v) is 9.48. The van der Waals surface area contributed by atoms with Gasteiger partial charge in [0.05, 0.1) is 0 Å². The fraction of sp³-hybridized carbons (Fsp3) is 0.125. The quantitative estimate of drug-likeness (QED) is 0.388. The summed E-state index contributed by atoms with van der Waals surface area (Å²) in [6.07, 6.45) is 0. The minimum atomic E-state index is 0.644. The molecule has 0 saturated heterocycles. The largest absolute Gasteiger partial charge is 0.175 e. The van der Waals surface area contributed by atoms with Crippen LogP contribution in [0.4, 0.5) is 0 Å². The SMILES string of the molecule is Clc1ccc(CSc2nnc(SCc3ccc(Cl)cc3Cl)s2)cc1. The van der Waals surface area contributed by atoms with Crippen LogP contribution in [0.5, 0.6) is 0 Å². The molecule has 8 heteroatoms. The summed E-state index contributed by atoms with van der Waals surface area (Å²) in [5, 5.41) is 10.5. The maximum Gasteiger partial charge on any atom is 0.175 e. The minimum absolute atomic E-state index is 0.644. The molecule has 24 heavy (non-hydrogen) atoms. The Bertz CT molecular complexity index is 822. The van der Waals surface area contributed by atoms with Crippen molar-refractivity contribution in [3.8, 4) is 0 Å². The molecule has 2 nitrogen and oxygen atoms in total. The number of benzene rings is 2. The zero-order valence-electron chi connectivity index (χ0n) is 12.2. The molecule has 0 bridgehead atoms. The standard InChI is InChI=1S/C16H11Cl3N2S3/c17-12-4-1-10(2-5-12)8-22-15-20-21-16(24-15)23-9-11-3-6-13(18)7-14(11)19/h1-7H,8-9H2. The number of hydrogen-bond donors (Lipinski definition) is 0. The van der Waals surface area contributed by atoms with E-state index in [1.54, 1.807) is 40.9 Å². The second kappa shape index (κ2) is 8.79. The van der Waals surface area contributed by atoms with Gasteiger partial charge in [-0.05, 0) is 35.4 Å². The van der Waals surface area contributed by atoms with Crippen LogP contribution in [0.25, 0.3) is 0 Å². The van der Waals surface area contributed by atoms with Crippen LogP contribution >= 0.6 is 69.7 Å². The molecule has 3 rings (SSSR count). The van der Waals surface area contributed by atoms with Crippen molar-refractivity contribution in [3.05, 3.63) is 68.7 Å². The summed E-state index contributed by atoms with van der Waals surface area (Å²) in [5.41, 5.74) is 2.25. The van der Waals surface area contributed by atoms with Gasteiger partial charge in [-0.25, -0.2) is 0 Å². The molecule has 0 saturated carbocycles. The van der Waals surface area contributed by atoms with E-state index in [-0.39, 0.29) is 0 Å². The third kappa shape index (κ3) is 5.28. The fourth-order valence-electron chi connectivity index (χ4n) is 1.82. The average Bonchev–Trinajstić information content (AvgIpc) is 3.01. The van der Waals surface area contributed by atoms with Gasteiger partial charge >= 0.3 is 0 Å². The van der Waals surface area contributed by atoms with Gasteiger partial charge in [0.2, 0.25) is 0 Å². The van der Waals surface area contributed by atoms with E-state index in [0.717, 1.165) is 30.8 Å². The molecule has 0 aliphatic rings. The summed E-state index contributed by atoms with van der Waals surface area (Å²) < 4.78 is 1.88. The van der Waals surface area contributed by atoms with Crippen LogP contribution in [0.1, 0.15) is 11.1 Å². The average molecular weight is 434 g/mol. The van der Waals surface area contributed by atoms with Crippen molar-refractivity contribution in [2.45, 2.75) is 20.2 Å². The Morgan fingerprint density at radius 2 is 1.42 bits per heavy atom. The lowest BCUT2D eigenvalue weighted by Gasteiger charge is -2.02. The maximum atomic E-state index is 6.19. The van der Waals surface area contributed by atoms with Crippen molar-refractivity contribution >= 4 is 69.7 Å². The van der Waals surface area contributed by atoms with Gasteiger partial charge in [-0.2, -0.15) is 0 Å². The summed E-state index contributed by atoms with van der Waals surface area (Å²) >= 11 is 22.9. The van der Waals surface area contributed by atoms with Crippen LogP contribution in [0.2, 0.25) is 15.1 Å². The first kappa shape index (κ1) is 18.4. The van der Waals surface area contributed by atoms with Crippen molar-refractivity contribution in [1.29, 1.82) is 0 Å². The molecule has 0 radical (unpaired) electrons. The molecule has 124 valence electrons. The van der Waals surface area contributed by atoms with Crippen LogP contribution < -0.4 is 0 Å². The molecule has 1 aromatic heterocycles. The maximum absolute atomic E-state index is 6.19. The first-order chi connectivity index (χ1) is 11.6. The summed E-state index contributed by atoms with van der Waals surface area (Å²) in [5.74, 6) is 1.59. The zero-order valence-corrected chi connectivity index (χ0v) is 16.9. The molecular weight excluding hydrogens is 423 g/mol. The Balaban J connectivity index is 1.54. The number of nitrogens with zero attached hydrogens (tertiary/aromatic N) is 2. The van der Waals surface area contributed by atoms with Crippen LogP contribution in [0.15, 0.2) is 51.1 Å². The summed E-state index contributed by atoms with van der Waals surface area (Å²) in [6.45, 7) is 0. The van der Waals surface area contributed by atoms with Gasteiger partial charge in [-0.1, -0.05) is 87.9 Å². The molecule has 0 aliphatic heterocycles. The van der Waals surface area contributed by atoms with Gasteiger partial charge in [0, 0.05) is 26.6 Å². The van der Waals surface area contributed by atoms with Gasteiger partial charge in [-0.3, -0.25) is 0 Å². The van der Waals surface area contributed by atoms with Crippen LogP contribution in [-0.4, -0.2) is 10.2 Å². The first-order valence-corrected chi connectivity index (χ1v) is 10.8. The van der Waals surface area contributed by atoms with E-state index >= 15 is 0 Å². The molecular formula is C16H11Cl3N2S3. The highest BCUT2D eigenvalue weighted by Crippen LogP contribution is 2.34. The highest BCUT2D eigenvalue weighted by atomic mass is 35.5. The van der Waals surface area contributed by atoms with E-state index in [4.69, 9.17) is 34.8 Å². The highest BCUT2D eigenvalue weighted by molar-refractivity contribution is 8.02. The number of hydrogen-bond acceptors (Lipinski definition) is 5. The van der Waals surface area contributed by atoms with Crippen molar-refractivity contribution in [3.63, 3.8) is 0 Å². The van der Waals surface area contributed by atoms with Crippen molar-refractivity contribution < 1.29 is 0 Å². The highest BCUT2D eigenvalue weighted by Gasteiger charge is 2.08. The molecule has 0 amide bonds. The second-order valence-electron chi connectivity index (χ2n) is 4.77. The molecule has 0 unspecified atom stereocenters. The van der Waals surface area contributed by atoms with Crippen molar-refractivity contribution in [1.82, 2.24) is 10.2 Å². The van der Waals surface area contributed by atoms with E-state index in [9.17, 15) is 0 Å². The number of aromatic nitrogens is 2. The predicted molar refractivity (Wildman–Crippen MR) is 107 cm³/mol. The Kier molecular flexibility index (Phi) is 6.72. The predicted octanol–water partition coefficient (Wildman–Crippen LogP) is 7.08. The van der Waals surface area contributed by atoms with Gasteiger partial charge in [0.1, 0.15) is 0 Å². The lowest BCUT2D eigenvalue weighted by Crippen LogP contribution is -1.82. The monoisotopic (exact) mass is 432 g/mol. The molecule has 0 fully saturated rings. The van der Waals surface area contributed by atoms with Gasteiger partial charge in [0.25, 0.3) is 0 Å². The fourth-order valence-corrected chi connectivity index (χ4v) is 5.48.